The van der Waals surface area contributed by atoms with Crippen molar-refractivity contribution >= 4 is 17.3 Å². The maximum absolute atomic E-state index is 10.6. The number of fused-ring (bicyclic) bond motifs is 1. The number of carboxylic acid groups (broad SMARTS) is 1. The summed E-state index contributed by atoms with van der Waals surface area (Å²) in [6, 6.07) is 4.15. The third-order valence-corrected chi connectivity index (χ3v) is 4.78. The number of aliphatic carboxylic acids is 1. The third kappa shape index (κ3) is 5.42. The molecule has 11 heteroatoms. The normalized spacial score (nSPS) is 14.2. The van der Waals surface area contributed by atoms with Crippen molar-refractivity contribution in [1.82, 2.24) is 24.2 Å². The van der Waals surface area contributed by atoms with Gasteiger partial charge >= 0.3 is 12.1 Å². The van der Waals surface area contributed by atoms with E-state index in [4.69, 9.17) is 14.9 Å². The van der Waals surface area contributed by atoms with Gasteiger partial charge in [-0.25, -0.2) is 9.78 Å². The number of thiophene rings is 1. The summed E-state index contributed by atoms with van der Waals surface area (Å²) in [6.07, 6.45) is 0.860. The quantitative estimate of drug-likeness (QED) is 0.712. The van der Waals surface area contributed by atoms with E-state index in [1.165, 1.54) is 11.4 Å². The molecule has 3 aromatic heterocycles. The van der Waals surface area contributed by atoms with E-state index in [2.05, 4.69) is 37.6 Å². The fourth-order valence-electron chi connectivity index (χ4n) is 2.77. The second kappa shape index (κ2) is 8.57. The molecule has 0 spiro atoms. The van der Waals surface area contributed by atoms with Crippen molar-refractivity contribution in [3.05, 3.63) is 58.6 Å². The van der Waals surface area contributed by atoms with Gasteiger partial charge in [0.05, 0.1) is 18.8 Å². The molecule has 28 heavy (non-hydrogen) atoms. The monoisotopic (exact) mass is 413 g/mol. The van der Waals surface area contributed by atoms with Crippen LogP contribution in [0.15, 0.2) is 41.5 Å². The van der Waals surface area contributed by atoms with Gasteiger partial charge < -0.3 is 9.67 Å². The van der Waals surface area contributed by atoms with Crippen LogP contribution in [0, 0.1) is 0 Å². The average molecular weight is 413 g/mol. The molecule has 0 radical (unpaired) electrons. The molecule has 0 aliphatic carbocycles. The van der Waals surface area contributed by atoms with Gasteiger partial charge in [-0.15, -0.1) is 0 Å². The van der Waals surface area contributed by atoms with Gasteiger partial charge in [-0.05, 0) is 28.5 Å². The average Bonchev–Trinajstić information content (AvgIpc) is 3.36. The van der Waals surface area contributed by atoms with Gasteiger partial charge in [-0.3, -0.25) is 9.58 Å². The number of nitrogens with zero attached hydrogens (tertiary/aromatic N) is 5. The van der Waals surface area contributed by atoms with Gasteiger partial charge in [0.25, 0.3) is 0 Å². The second-order valence-electron chi connectivity index (χ2n) is 6.19. The number of hydrogen-bond acceptors (Lipinski definition) is 5. The van der Waals surface area contributed by atoms with E-state index in [9.17, 15) is 13.2 Å². The highest BCUT2D eigenvalue weighted by molar-refractivity contribution is 7.07. The lowest BCUT2D eigenvalue weighted by Crippen LogP contribution is -2.33. The number of aromatic nitrogens is 4. The number of hydrogen-bond donors (Lipinski definition) is 1. The minimum Gasteiger partial charge on any atom is -0.475 e. The van der Waals surface area contributed by atoms with Crippen molar-refractivity contribution in [1.29, 1.82) is 0 Å². The maximum Gasteiger partial charge on any atom is 0.490 e. The molecule has 0 atom stereocenters. The first kappa shape index (κ1) is 20.1. The number of alkyl halides is 3. The first-order valence-electron chi connectivity index (χ1n) is 8.37. The summed E-state index contributed by atoms with van der Waals surface area (Å²) in [5, 5.41) is 15.7. The zero-order chi connectivity index (χ0) is 20.1. The van der Waals surface area contributed by atoms with Crippen LogP contribution in [0.3, 0.4) is 0 Å². The molecule has 0 fully saturated rings. The predicted octanol–water partition coefficient (Wildman–Crippen LogP) is 2.84. The van der Waals surface area contributed by atoms with E-state index >= 15 is 0 Å². The molecule has 150 valence electrons. The van der Waals surface area contributed by atoms with Crippen LogP contribution in [-0.2, 0) is 31.0 Å². The van der Waals surface area contributed by atoms with Gasteiger partial charge in [0, 0.05) is 38.2 Å². The molecule has 1 N–H and O–H groups in total. The second-order valence-corrected chi connectivity index (χ2v) is 6.97. The molecule has 0 amide bonds. The van der Waals surface area contributed by atoms with Gasteiger partial charge in [0.1, 0.15) is 5.82 Å². The Hall–Kier alpha value is -2.66. The zero-order valence-corrected chi connectivity index (χ0v) is 15.5. The lowest BCUT2D eigenvalue weighted by atomic mass is 10.3. The maximum atomic E-state index is 10.6. The summed E-state index contributed by atoms with van der Waals surface area (Å²) in [4.78, 5) is 16.1. The molecule has 0 aromatic carbocycles. The highest BCUT2D eigenvalue weighted by Crippen LogP contribution is 2.17. The van der Waals surface area contributed by atoms with Crippen LogP contribution in [0.5, 0.6) is 0 Å². The number of carboxylic acids is 1. The lowest BCUT2D eigenvalue weighted by Gasteiger charge is -2.27. The van der Waals surface area contributed by atoms with E-state index < -0.39 is 12.1 Å². The van der Waals surface area contributed by atoms with Crippen LogP contribution in [0.4, 0.5) is 13.2 Å². The van der Waals surface area contributed by atoms with Crippen molar-refractivity contribution in [3.8, 4) is 0 Å². The topological polar surface area (TPSA) is 76.2 Å². The Morgan fingerprint density at radius 2 is 2.07 bits per heavy atom. The van der Waals surface area contributed by atoms with E-state index in [0.717, 1.165) is 38.4 Å². The minimum absolute atomic E-state index is 0.748. The number of imidazole rings is 1. The molecule has 4 heterocycles. The summed E-state index contributed by atoms with van der Waals surface area (Å²) in [5.41, 5.74) is 2.49. The Morgan fingerprint density at radius 3 is 2.68 bits per heavy atom. The van der Waals surface area contributed by atoms with Crippen molar-refractivity contribution in [2.24, 2.45) is 0 Å². The number of carbonyl (C=O) groups is 1. The van der Waals surface area contributed by atoms with E-state index in [-0.39, 0.29) is 0 Å². The highest BCUT2D eigenvalue weighted by atomic mass is 32.1. The molecule has 3 aromatic rings. The van der Waals surface area contributed by atoms with Crippen LogP contribution in [0.2, 0.25) is 0 Å². The smallest absolute Gasteiger partial charge is 0.475 e. The molecular formula is C17H18F3N5O2S. The Morgan fingerprint density at radius 1 is 1.29 bits per heavy atom. The molecule has 0 saturated heterocycles. The van der Waals surface area contributed by atoms with Gasteiger partial charge in [0.15, 0.2) is 0 Å². The first-order valence-corrected chi connectivity index (χ1v) is 9.31. The van der Waals surface area contributed by atoms with Gasteiger partial charge in [-0.2, -0.15) is 29.6 Å². The van der Waals surface area contributed by atoms with Gasteiger partial charge in [-0.1, -0.05) is 0 Å². The zero-order valence-electron chi connectivity index (χ0n) is 14.7. The largest absolute Gasteiger partial charge is 0.490 e. The minimum atomic E-state index is -5.08. The lowest BCUT2D eigenvalue weighted by molar-refractivity contribution is -0.192. The van der Waals surface area contributed by atoms with Crippen molar-refractivity contribution < 1.29 is 23.1 Å². The van der Waals surface area contributed by atoms with E-state index in [0.29, 0.717) is 0 Å². The Bertz CT molecular complexity index is 891. The fourth-order valence-corrected chi connectivity index (χ4v) is 3.43. The number of rotatable bonds is 4. The summed E-state index contributed by atoms with van der Waals surface area (Å²) in [5.74, 6) is -1.59. The van der Waals surface area contributed by atoms with Crippen molar-refractivity contribution in [2.75, 3.05) is 6.54 Å². The van der Waals surface area contributed by atoms with E-state index in [1.54, 1.807) is 17.5 Å². The van der Waals surface area contributed by atoms with Crippen LogP contribution >= 0.6 is 11.3 Å². The van der Waals surface area contributed by atoms with E-state index in [1.807, 2.05) is 16.9 Å². The molecular weight excluding hydrogens is 395 g/mol. The predicted molar refractivity (Wildman–Crippen MR) is 95.7 cm³/mol. The Labute approximate surface area is 162 Å². The molecule has 7 nitrogen and oxygen atoms in total. The molecule has 0 bridgehead atoms. The summed E-state index contributed by atoms with van der Waals surface area (Å²) in [6.45, 7) is 4.79. The van der Waals surface area contributed by atoms with Gasteiger partial charge in [0.2, 0.25) is 0 Å². The molecule has 0 unspecified atom stereocenters. The SMILES string of the molecule is O=C(O)C(F)(F)F.c1cnn(Cc2cn3c(n2)CN(Cc2ccsc2)CC3)c1. The highest BCUT2D eigenvalue weighted by Gasteiger charge is 2.38. The summed E-state index contributed by atoms with van der Waals surface area (Å²) in [7, 11) is 0. The van der Waals surface area contributed by atoms with Crippen LogP contribution in [0.1, 0.15) is 17.1 Å². The van der Waals surface area contributed by atoms with Crippen LogP contribution < -0.4 is 0 Å². The van der Waals surface area contributed by atoms with Crippen molar-refractivity contribution in [2.45, 2.75) is 32.4 Å². The molecule has 0 saturated carbocycles. The summed E-state index contributed by atoms with van der Waals surface area (Å²) < 4.78 is 35.9. The fraction of sp³-hybridized carbons (Fsp3) is 0.353. The third-order valence-electron chi connectivity index (χ3n) is 4.04. The standard InChI is InChI=1S/C15H17N5S.C2HF3O2/c1-3-16-20(4-1)10-14-9-19-6-5-18(11-15(19)17-14)8-13-2-7-21-12-13;3-2(4,5)1(6)7/h1-4,7,9,12H,5-6,8,10-11H2;(H,6,7). The Kier molecular flexibility index (Phi) is 6.15. The van der Waals surface area contributed by atoms with Crippen LogP contribution in [-0.4, -0.2) is 48.0 Å². The Balaban J connectivity index is 0.000000279. The molecule has 1 aliphatic rings. The molecule has 1 aliphatic heterocycles. The first-order chi connectivity index (χ1) is 13.3. The van der Waals surface area contributed by atoms with Crippen LogP contribution in [0.25, 0.3) is 0 Å². The molecule has 4 rings (SSSR count). The number of halogens is 3. The van der Waals surface area contributed by atoms with Crippen molar-refractivity contribution in [3.63, 3.8) is 0 Å². The summed E-state index contributed by atoms with van der Waals surface area (Å²) >= 11 is 1.76.